The number of rotatable bonds is 7. The van der Waals surface area contributed by atoms with E-state index < -0.39 is 53.6 Å². The molecule has 0 unspecified atom stereocenters. The standard InChI is InChI=1S/C30H34N2O10/c1-14-19(39-28-22(34)24(41-29(31)37)25(38-4)30(2,3)42-28)12-11-18-21(33)20(27(36)40-23(14)18)32-26(35)17-10-6-9-16(13-17)15-7-5-8-15/h6,9-13,15,22,24-25,28,33-34H,5,7-8H2,1-4H3,(H2,31,37)(H,32,35)/t22-,24+,25-,28-/m1/s1. The number of hydrogen-bond acceptors (Lipinski definition) is 10. The van der Waals surface area contributed by atoms with Crippen LogP contribution in [0.25, 0.3) is 11.0 Å². The van der Waals surface area contributed by atoms with Gasteiger partial charge in [-0.3, -0.25) is 4.79 Å². The smallest absolute Gasteiger partial charge is 0.404 e. The molecule has 0 spiro atoms. The first kappa shape index (κ1) is 29.4. The third kappa shape index (κ3) is 5.40. The monoisotopic (exact) mass is 582 g/mol. The van der Waals surface area contributed by atoms with Crippen molar-refractivity contribution in [3.05, 3.63) is 63.5 Å². The molecular formula is C30H34N2O10. The Labute approximate surface area is 241 Å². The highest BCUT2D eigenvalue weighted by molar-refractivity contribution is 6.06. The lowest BCUT2D eigenvalue weighted by Gasteiger charge is -2.47. The largest absolute Gasteiger partial charge is 0.505 e. The van der Waals surface area contributed by atoms with Crippen LogP contribution in [-0.2, 0) is 14.2 Å². The fraction of sp³-hybridized carbons (Fsp3) is 0.433. The lowest BCUT2D eigenvalue weighted by Crippen LogP contribution is -2.65. The van der Waals surface area contributed by atoms with Gasteiger partial charge in [0.05, 0.1) is 11.0 Å². The summed E-state index contributed by atoms with van der Waals surface area (Å²) in [5.74, 6) is -0.441. The van der Waals surface area contributed by atoms with Crippen LogP contribution in [-0.4, -0.2) is 59.5 Å². The average molecular weight is 583 g/mol. The number of aromatic hydroxyl groups is 1. The lowest BCUT2D eigenvalue weighted by molar-refractivity contribution is -0.304. The molecule has 42 heavy (non-hydrogen) atoms. The number of nitrogens with two attached hydrogens (primary N) is 1. The van der Waals surface area contributed by atoms with E-state index >= 15 is 0 Å². The van der Waals surface area contributed by atoms with Gasteiger partial charge in [0, 0.05) is 18.2 Å². The second-order valence-electron chi connectivity index (χ2n) is 11.1. The quantitative estimate of drug-likeness (QED) is 0.300. The van der Waals surface area contributed by atoms with Crippen LogP contribution in [0.5, 0.6) is 11.5 Å². The molecular weight excluding hydrogens is 548 g/mol. The van der Waals surface area contributed by atoms with Crippen molar-refractivity contribution >= 4 is 28.7 Å². The van der Waals surface area contributed by atoms with E-state index in [-0.39, 0.29) is 22.4 Å². The number of carbonyl (C=O) groups is 2. The topological polar surface area (TPSA) is 180 Å². The molecule has 0 radical (unpaired) electrons. The number of primary amides is 1. The van der Waals surface area contributed by atoms with E-state index in [1.807, 2.05) is 6.07 Å². The Hall–Kier alpha value is -4.13. The van der Waals surface area contributed by atoms with Crippen molar-refractivity contribution in [2.75, 3.05) is 12.4 Å². The molecule has 0 bridgehead atoms. The average Bonchev–Trinajstić information content (AvgIpc) is 2.90. The first-order valence-corrected chi connectivity index (χ1v) is 13.6. The highest BCUT2D eigenvalue weighted by Gasteiger charge is 2.53. The molecule has 4 atom stereocenters. The number of amides is 2. The van der Waals surface area contributed by atoms with Crippen LogP contribution in [0.2, 0.25) is 0 Å². The number of anilines is 1. The van der Waals surface area contributed by atoms with Crippen LogP contribution in [0.4, 0.5) is 10.5 Å². The van der Waals surface area contributed by atoms with Gasteiger partial charge in [-0.05, 0) is 69.4 Å². The highest BCUT2D eigenvalue weighted by atomic mass is 16.7. The molecule has 5 N–H and O–H groups in total. The molecule has 224 valence electrons. The van der Waals surface area contributed by atoms with Crippen molar-refractivity contribution in [2.24, 2.45) is 5.73 Å². The number of benzene rings is 2. The van der Waals surface area contributed by atoms with Crippen molar-refractivity contribution in [1.82, 2.24) is 0 Å². The third-order valence-electron chi connectivity index (χ3n) is 7.98. The van der Waals surface area contributed by atoms with Gasteiger partial charge in [-0.2, -0.15) is 0 Å². The first-order chi connectivity index (χ1) is 19.9. The summed E-state index contributed by atoms with van der Waals surface area (Å²) in [6, 6.07) is 10.1. The zero-order valence-electron chi connectivity index (χ0n) is 23.7. The van der Waals surface area contributed by atoms with Crippen LogP contribution >= 0.6 is 0 Å². The summed E-state index contributed by atoms with van der Waals surface area (Å²) in [6.07, 6.45) is -2.69. The molecule has 2 aliphatic rings. The first-order valence-electron chi connectivity index (χ1n) is 13.6. The van der Waals surface area contributed by atoms with Gasteiger partial charge >= 0.3 is 11.7 Å². The minimum Gasteiger partial charge on any atom is -0.505 e. The van der Waals surface area contributed by atoms with Gasteiger partial charge in [-0.1, -0.05) is 18.6 Å². The summed E-state index contributed by atoms with van der Waals surface area (Å²) in [5.41, 5.74) is 4.52. The van der Waals surface area contributed by atoms with Crippen LogP contribution in [0.1, 0.15) is 60.5 Å². The SMILES string of the molecule is CO[C@@H]1[C@@H](OC(N)=O)[C@@H](O)[C@H](Oc2ccc3c(O)c(NC(=O)c4cccc(C5CCC5)c4)c(=O)oc3c2C)OC1(C)C. The fourth-order valence-electron chi connectivity index (χ4n) is 5.53. The van der Waals surface area contributed by atoms with Gasteiger partial charge in [0.1, 0.15) is 17.4 Å². The van der Waals surface area contributed by atoms with Crippen LogP contribution in [0.15, 0.2) is 45.6 Å². The van der Waals surface area contributed by atoms with Gasteiger partial charge in [0.2, 0.25) is 6.29 Å². The molecule has 1 aromatic heterocycles. The molecule has 1 aliphatic carbocycles. The van der Waals surface area contributed by atoms with Crippen molar-refractivity contribution in [2.45, 2.75) is 76.2 Å². The van der Waals surface area contributed by atoms with E-state index in [1.165, 1.54) is 19.2 Å². The number of carbonyl (C=O) groups excluding carboxylic acids is 2. The molecule has 5 rings (SSSR count). The number of fused-ring (bicyclic) bond motifs is 1. The minimum absolute atomic E-state index is 0.00393. The van der Waals surface area contributed by atoms with Gasteiger partial charge in [-0.25, -0.2) is 9.59 Å². The van der Waals surface area contributed by atoms with Gasteiger partial charge < -0.3 is 44.6 Å². The highest BCUT2D eigenvalue weighted by Crippen LogP contribution is 2.39. The Bertz CT molecular complexity index is 1580. The maximum absolute atomic E-state index is 13.0. The third-order valence-corrected chi connectivity index (χ3v) is 7.98. The molecule has 12 nitrogen and oxygen atoms in total. The van der Waals surface area contributed by atoms with Crippen molar-refractivity contribution in [3.8, 4) is 11.5 Å². The number of nitrogens with one attached hydrogen (secondary N) is 1. The van der Waals surface area contributed by atoms with Gasteiger partial charge in [-0.15, -0.1) is 0 Å². The Balaban J connectivity index is 1.41. The summed E-state index contributed by atoms with van der Waals surface area (Å²) in [7, 11) is 1.38. The molecule has 1 saturated heterocycles. The summed E-state index contributed by atoms with van der Waals surface area (Å²) in [6.45, 7) is 4.93. The molecule has 2 fully saturated rings. The summed E-state index contributed by atoms with van der Waals surface area (Å²) < 4.78 is 27.9. The van der Waals surface area contributed by atoms with Gasteiger partial charge in [0.15, 0.2) is 23.6 Å². The Morgan fingerprint density at radius 3 is 2.55 bits per heavy atom. The number of methoxy groups -OCH3 is 1. The summed E-state index contributed by atoms with van der Waals surface area (Å²) >= 11 is 0. The number of aliphatic hydroxyl groups is 1. The molecule has 2 aromatic carbocycles. The van der Waals surface area contributed by atoms with Crippen molar-refractivity contribution < 1.29 is 43.2 Å². The molecule has 12 heteroatoms. The second kappa shape index (κ2) is 11.3. The predicted molar refractivity (Wildman–Crippen MR) is 151 cm³/mol. The number of hydrogen-bond donors (Lipinski definition) is 4. The maximum Gasteiger partial charge on any atom is 0.404 e. The Morgan fingerprint density at radius 1 is 1.17 bits per heavy atom. The van der Waals surface area contributed by atoms with Crippen molar-refractivity contribution in [1.29, 1.82) is 0 Å². The molecule has 2 heterocycles. The minimum atomic E-state index is -1.49. The zero-order valence-corrected chi connectivity index (χ0v) is 23.7. The predicted octanol–water partition coefficient (Wildman–Crippen LogP) is 3.68. The van der Waals surface area contributed by atoms with Crippen LogP contribution in [0.3, 0.4) is 0 Å². The molecule has 3 aromatic rings. The Morgan fingerprint density at radius 2 is 1.90 bits per heavy atom. The van der Waals surface area contributed by atoms with E-state index in [4.69, 9.17) is 29.1 Å². The maximum atomic E-state index is 13.0. The van der Waals surface area contributed by atoms with Crippen molar-refractivity contribution in [3.63, 3.8) is 0 Å². The number of ether oxygens (including phenoxy) is 4. The fourth-order valence-corrected chi connectivity index (χ4v) is 5.53. The number of aliphatic hydroxyl groups excluding tert-OH is 1. The van der Waals surface area contributed by atoms with Crippen LogP contribution in [0, 0.1) is 6.92 Å². The molecule has 1 saturated carbocycles. The lowest BCUT2D eigenvalue weighted by atomic mass is 9.80. The van der Waals surface area contributed by atoms with Crippen LogP contribution < -0.4 is 21.4 Å². The summed E-state index contributed by atoms with van der Waals surface area (Å²) in [4.78, 5) is 37.4. The van der Waals surface area contributed by atoms with E-state index in [2.05, 4.69) is 5.32 Å². The second-order valence-corrected chi connectivity index (χ2v) is 11.1. The number of aryl methyl sites for hydroxylation is 1. The Kier molecular flexibility index (Phi) is 7.88. The molecule has 2 amide bonds. The summed E-state index contributed by atoms with van der Waals surface area (Å²) in [5, 5.41) is 24.6. The zero-order chi connectivity index (χ0) is 30.3. The normalized spacial score (nSPS) is 23.6. The molecule has 1 aliphatic heterocycles. The van der Waals surface area contributed by atoms with E-state index in [0.29, 0.717) is 17.0 Å². The van der Waals surface area contributed by atoms with E-state index in [9.17, 15) is 24.6 Å². The van der Waals surface area contributed by atoms with E-state index in [1.54, 1.807) is 39.0 Å². The van der Waals surface area contributed by atoms with Gasteiger partial charge in [0.25, 0.3) is 5.91 Å². The van der Waals surface area contributed by atoms with E-state index in [0.717, 1.165) is 24.8 Å².